The standard InChI is InChI=1S/C11H26N4/c1-7(3-8(2)13)6-15-11(14)10-4-9(10)5-12/h7-11,15H,3-6,12-14H2,1-2H3. The van der Waals surface area contributed by atoms with E-state index in [1.165, 1.54) is 6.42 Å². The van der Waals surface area contributed by atoms with Gasteiger partial charge in [0, 0.05) is 6.04 Å². The second kappa shape index (κ2) is 5.80. The Labute approximate surface area is 93.0 Å². The van der Waals surface area contributed by atoms with Crippen LogP contribution >= 0.6 is 0 Å². The number of rotatable bonds is 7. The lowest BCUT2D eigenvalue weighted by molar-refractivity contribution is 0.385. The highest BCUT2D eigenvalue weighted by Crippen LogP contribution is 2.38. The minimum absolute atomic E-state index is 0.120. The van der Waals surface area contributed by atoms with Crippen LogP contribution in [0.25, 0.3) is 0 Å². The van der Waals surface area contributed by atoms with Gasteiger partial charge < -0.3 is 22.5 Å². The molecule has 0 amide bonds. The Bertz CT molecular complexity index is 183. The van der Waals surface area contributed by atoms with E-state index in [0.29, 0.717) is 17.8 Å². The van der Waals surface area contributed by atoms with Crippen molar-refractivity contribution in [1.29, 1.82) is 0 Å². The van der Waals surface area contributed by atoms with E-state index in [0.717, 1.165) is 19.5 Å². The number of nitrogens with two attached hydrogens (primary N) is 3. The lowest BCUT2D eigenvalue weighted by Gasteiger charge is -2.19. The molecule has 0 aliphatic heterocycles. The molecule has 0 bridgehead atoms. The molecule has 5 unspecified atom stereocenters. The predicted molar refractivity (Wildman–Crippen MR) is 64.1 cm³/mol. The Hall–Kier alpha value is -0.160. The van der Waals surface area contributed by atoms with E-state index in [9.17, 15) is 0 Å². The van der Waals surface area contributed by atoms with Crippen molar-refractivity contribution < 1.29 is 0 Å². The summed E-state index contributed by atoms with van der Waals surface area (Å²) < 4.78 is 0. The summed E-state index contributed by atoms with van der Waals surface area (Å²) in [5.74, 6) is 1.83. The highest BCUT2D eigenvalue weighted by atomic mass is 15.0. The van der Waals surface area contributed by atoms with Crippen LogP contribution in [-0.4, -0.2) is 25.3 Å². The fraction of sp³-hybridized carbons (Fsp3) is 1.00. The van der Waals surface area contributed by atoms with Crippen molar-refractivity contribution in [3.05, 3.63) is 0 Å². The van der Waals surface area contributed by atoms with Gasteiger partial charge in [-0.2, -0.15) is 0 Å². The van der Waals surface area contributed by atoms with Crippen LogP contribution < -0.4 is 22.5 Å². The smallest absolute Gasteiger partial charge is 0.0578 e. The first-order valence-electron chi connectivity index (χ1n) is 5.99. The van der Waals surface area contributed by atoms with Gasteiger partial charge in [-0.3, -0.25) is 0 Å². The van der Waals surface area contributed by atoms with Gasteiger partial charge in [0.15, 0.2) is 0 Å². The van der Waals surface area contributed by atoms with Crippen molar-refractivity contribution >= 4 is 0 Å². The summed E-state index contributed by atoms with van der Waals surface area (Å²) in [5, 5.41) is 3.38. The molecule has 4 heteroatoms. The molecule has 0 aromatic rings. The molecule has 90 valence electrons. The Balaban J connectivity index is 2.09. The molecule has 0 aromatic carbocycles. The van der Waals surface area contributed by atoms with Crippen LogP contribution in [0.15, 0.2) is 0 Å². The minimum Gasteiger partial charge on any atom is -0.330 e. The van der Waals surface area contributed by atoms with Gasteiger partial charge in [-0.1, -0.05) is 6.92 Å². The van der Waals surface area contributed by atoms with Crippen LogP contribution in [0.4, 0.5) is 0 Å². The van der Waals surface area contributed by atoms with Crippen molar-refractivity contribution in [1.82, 2.24) is 5.32 Å². The Kier molecular flexibility index (Phi) is 4.99. The predicted octanol–water partition coefficient (Wildman–Crippen LogP) is -0.171. The topological polar surface area (TPSA) is 90.1 Å². The second-order valence-electron chi connectivity index (χ2n) is 5.15. The molecule has 5 atom stereocenters. The summed E-state index contributed by atoms with van der Waals surface area (Å²) in [6.07, 6.45) is 2.35. The zero-order chi connectivity index (χ0) is 11.4. The zero-order valence-electron chi connectivity index (χ0n) is 9.95. The maximum Gasteiger partial charge on any atom is 0.0578 e. The normalized spacial score (nSPS) is 31.0. The van der Waals surface area contributed by atoms with Gasteiger partial charge in [-0.05, 0) is 50.6 Å². The second-order valence-corrected chi connectivity index (χ2v) is 5.15. The molecule has 15 heavy (non-hydrogen) atoms. The molecule has 0 radical (unpaired) electrons. The van der Waals surface area contributed by atoms with Crippen LogP contribution in [0.5, 0.6) is 0 Å². The average Bonchev–Trinajstić information content (AvgIpc) is 2.92. The first-order valence-corrected chi connectivity index (χ1v) is 5.99. The molecule has 1 rings (SSSR count). The highest BCUT2D eigenvalue weighted by Gasteiger charge is 2.40. The first-order chi connectivity index (χ1) is 7.04. The quantitative estimate of drug-likeness (QED) is 0.443. The SMILES string of the molecule is CC(N)CC(C)CNC(N)C1CC1CN. The summed E-state index contributed by atoms with van der Waals surface area (Å²) >= 11 is 0. The molecule has 1 fully saturated rings. The molecule has 1 saturated carbocycles. The van der Waals surface area contributed by atoms with Gasteiger partial charge in [0.1, 0.15) is 0 Å². The number of hydrogen-bond acceptors (Lipinski definition) is 4. The Morgan fingerprint density at radius 2 is 2.00 bits per heavy atom. The van der Waals surface area contributed by atoms with E-state index in [1.807, 2.05) is 6.92 Å². The lowest BCUT2D eigenvalue weighted by Crippen LogP contribution is -2.42. The largest absolute Gasteiger partial charge is 0.330 e. The molecule has 0 saturated heterocycles. The molecular weight excluding hydrogens is 188 g/mol. The monoisotopic (exact) mass is 214 g/mol. The van der Waals surface area contributed by atoms with Crippen LogP contribution in [0, 0.1) is 17.8 Å². The van der Waals surface area contributed by atoms with Crippen molar-refractivity contribution in [2.75, 3.05) is 13.1 Å². The van der Waals surface area contributed by atoms with E-state index in [4.69, 9.17) is 17.2 Å². The fourth-order valence-corrected chi connectivity index (χ4v) is 2.19. The summed E-state index contributed by atoms with van der Waals surface area (Å²) in [7, 11) is 0. The van der Waals surface area contributed by atoms with E-state index in [2.05, 4.69) is 12.2 Å². The van der Waals surface area contributed by atoms with Gasteiger partial charge in [0.05, 0.1) is 6.17 Å². The summed E-state index contributed by atoms with van der Waals surface area (Å²) in [6.45, 7) is 5.98. The molecule has 0 heterocycles. The summed E-state index contributed by atoms with van der Waals surface area (Å²) in [4.78, 5) is 0. The number of nitrogens with one attached hydrogen (secondary N) is 1. The molecule has 4 nitrogen and oxygen atoms in total. The maximum atomic E-state index is 6.03. The van der Waals surface area contributed by atoms with Gasteiger partial charge in [0.25, 0.3) is 0 Å². The minimum atomic E-state index is 0.120. The Morgan fingerprint density at radius 1 is 1.33 bits per heavy atom. The average molecular weight is 214 g/mol. The Morgan fingerprint density at radius 3 is 2.47 bits per heavy atom. The van der Waals surface area contributed by atoms with Gasteiger partial charge >= 0.3 is 0 Å². The third-order valence-electron chi connectivity index (χ3n) is 3.22. The fourth-order valence-electron chi connectivity index (χ4n) is 2.19. The van der Waals surface area contributed by atoms with Gasteiger partial charge in [-0.15, -0.1) is 0 Å². The number of hydrogen-bond donors (Lipinski definition) is 4. The molecule has 0 aromatic heterocycles. The van der Waals surface area contributed by atoms with Crippen molar-refractivity contribution in [3.8, 4) is 0 Å². The van der Waals surface area contributed by atoms with Gasteiger partial charge in [0.2, 0.25) is 0 Å². The third kappa shape index (κ3) is 4.47. The first kappa shape index (κ1) is 12.9. The zero-order valence-corrected chi connectivity index (χ0v) is 9.95. The van der Waals surface area contributed by atoms with Crippen molar-refractivity contribution in [2.45, 2.75) is 38.9 Å². The van der Waals surface area contributed by atoms with E-state index in [-0.39, 0.29) is 12.2 Å². The van der Waals surface area contributed by atoms with Crippen molar-refractivity contribution in [3.63, 3.8) is 0 Å². The molecular formula is C11H26N4. The summed E-state index contributed by atoms with van der Waals surface area (Å²) in [5.41, 5.74) is 17.3. The third-order valence-corrected chi connectivity index (χ3v) is 3.22. The van der Waals surface area contributed by atoms with E-state index in [1.54, 1.807) is 0 Å². The molecule has 7 N–H and O–H groups in total. The molecule has 0 spiro atoms. The van der Waals surface area contributed by atoms with Crippen molar-refractivity contribution in [2.24, 2.45) is 35.0 Å². The van der Waals surface area contributed by atoms with Crippen LogP contribution in [0.3, 0.4) is 0 Å². The molecule has 1 aliphatic carbocycles. The lowest BCUT2D eigenvalue weighted by atomic mass is 10.0. The van der Waals surface area contributed by atoms with E-state index >= 15 is 0 Å². The van der Waals surface area contributed by atoms with E-state index < -0.39 is 0 Å². The van der Waals surface area contributed by atoms with Crippen LogP contribution in [-0.2, 0) is 0 Å². The maximum absolute atomic E-state index is 6.03. The van der Waals surface area contributed by atoms with Gasteiger partial charge in [-0.25, -0.2) is 0 Å². The summed E-state index contributed by atoms with van der Waals surface area (Å²) in [6, 6.07) is 0.274. The highest BCUT2D eigenvalue weighted by molar-refractivity contribution is 4.92. The molecule has 1 aliphatic rings. The van der Waals surface area contributed by atoms with Crippen LogP contribution in [0.2, 0.25) is 0 Å². The van der Waals surface area contributed by atoms with Crippen LogP contribution in [0.1, 0.15) is 26.7 Å².